The van der Waals surface area contributed by atoms with Crippen LogP contribution >= 0.6 is 0 Å². The van der Waals surface area contributed by atoms with Gasteiger partial charge in [0, 0.05) is 17.0 Å². The Hall–Kier alpha value is -4.57. The Morgan fingerprint density at radius 1 is 0.641 bits per heavy atom. The Labute approximate surface area is 228 Å². The lowest BCUT2D eigenvalue weighted by Crippen LogP contribution is -2.01. The number of fused-ring (bicyclic) bond motifs is 2. The van der Waals surface area contributed by atoms with Crippen LogP contribution in [0.1, 0.15) is 61.7 Å². The zero-order chi connectivity index (χ0) is 26.3. The van der Waals surface area contributed by atoms with Crippen molar-refractivity contribution in [1.82, 2.24) is 15.0 Å². The van der Waals surface area contributed by atoms with Crippen LogP contribution in [-0.4, -0.2) is 15.0 Å². The van der Waals surface area contributed by atoms with Crippen LogP contribution in [0.2, 0.25) is 0 Å². The van der Waals surface area contributed by atoms with Gasteiger partial charge >= 0.3 is 0 Å². The van der Waals surface area contributed by atoms with Gasteiger partial charge in [-0.3, -0.25) is 0 Å². The molecule has 7 rings (SSSR count). The Morgan fingerprint density at radius 3 is 1.97 bits per heavy atom. The lowest BCUT2D eigenvalue weighted by molar-refractivity contribution is 0.480. The SMILES string of the molecule is CC1=CCC(C)c2oc(-c3ccc(C4=CC=C(c5nc6ccccc6nc5-c5ccccc5)CC4)cc3)nc21. The third kappa shape index (κ3) is 4.32. The maximum atomic E-state index is 6.21. The van der Waals surface area contributed by atoms with E-state index in [-0.39, 0.29) is 0 Å². The molecule has 0 saturated carbocycles. The van der Waals surface area contributed by atoms with Gasteiger partial charge in [0.15, 0.2) is 0 Å². The highest BCUT2D eigenvalue weighted by molar-refractivity contribution is 5.87. The third-order valence-corrected chi connectivity index (χ3v) is 7.83. The maximum absolute atomic E-state index is 6.21. The van der Waals surface area contributed by atoms with E-state index in [1.807, 2.05) is 30.3 Å². The minimum atomic E-state index is 0.368. The van der Waals surface area contributed by atoms with E-state index in [9.17, 15) is 0 Å². The Balaban J connectivity index is 1.20. The lowest BCUT2D eigenvalue weighted by Gasteiger charge is -2.18. The first-order valence-corrected chi connectivity index (χ1v) is 13.6. The largest absolute Gasteiger partial charge is 0.440 e. The molecule has 0 amide bonds. The first-order valence-electron chi connectivity index (χ1n) is 13.6. The molecule has 0 radical (unpaired) electrons. The van der Waals surface area contributed by atoms with Gasteiger partial charge in [0.2, 0.25) is 5.89 Å². The second kappa shape index (κ2) is 9.63. The molecule has 0 spiro atoms. The molecule has 190 valence electrons. The molecule has 3 aromatic carbocycles. The first-order chi connectivity index (χ1) is 19.1. The minimum absolute atomic E-state index is 0.368. The van der Waals surface area contributed by atoms with Gasteiger partial charge in [-0.15, -0.1) is 0 Å². The summed E-state index contributed by atoms with van der Waals surface area (Å²) in [6.07, 6.45) is 9.58. The number of oxazole rings is 1. The maximum Gasteiger partial charge on any atom is 0.226 e. The van der Waals surface area contributed by atoms with Crippen LogP contribution in [0.25, 0.3) is 50.5 Å². The van der Waals surface area contributed by atoms with Gasteiger partial charge in [0.05, 0.1) is 22.4 Å². The number of rotatable bonds is 4. The van der Waals surface area contributed by atoms with E-state index < -0.39 is 0 Å². The first kappa shape index (κ1) is 23.5. The van der Waals surface area contributed by atoms with E-state index in [2.05, 4.69) is 80.6 Å². The average molecular weight is 508 g/mol. The standard InChI is InChI=1S/C35H29N3O/c1-22-12-13-23(2)34-31(22)38-35(39-34)28-20-16-25(17-21-28)24-14-18-27(19-15-24)33-32(26-8-4-3-5-9-26)36-29-10-6-7-11-30(29)37-33/h3-12,14,16-18,20-21,23H,13,15,19H2,1-2H3. The van der Waals surface area contributed by atoms with Crippen LogP contribution in [-0.2, 0) is 0 Å². The second-order valence-corrected chi connectivity index (χ2v) is 10.5. The molecule has 2 aliphatic rings. The van der Waals surface area contributed by atoms with Gasteiger partial charge < -0.3 is 4.42 Å². The Kier molecular flexibility index (Phi) is 5.81. The van der Waals surface area contributed by atoms with Crippen LogP contribution in [0.15, 0.2) is 102 Å². The number of nitrogens with zero attached hydrogens (tertiary/aromatic N) is 3. The van der Waals surface area contributed by atoms with Crippen LogP contribution in [0.5, 0.6) is 0 Å². The molecule has 4 heteroatoms. The van der Waals surface area contributed by atoms with Crippen LogP contribution in [0.3, 0.4) is 0 Å². The summed E-state index contributed by atoms with van der Waals surface area (Å²) in [5.74, 6) is 2.08. The smallest absolute Gasteiger partial charge is 0.226 e. The highest BCUT2D eigenvalue weighted by Crippen LogP contribution is 2.38. The third-order valence-electron chi connectivity index (χ3n) is 7.83. The van der Waals surface area contributed by atoms with Gasteiger partial charge in [0.1, 0.15) is 11.5 Å². The molecule has 0 aliphatic heterocycles. The monoisotopic (exact) mass is 507 g/mol. The van der Waals surface area contributed by atoms with Crippen molar-refractivity contribution < 1.29 is 4.42 Å². The van der Waals surface area contributed by atoms with Crippen molar-refractivity contribution in [3.05, 3.63) is 120 Å². The number of hydrogen-bond donors (Lipinski definition) is 0. The van der Waals surface area contributed by atoms with Gasteiger partial charge in [0.25, 0.3) is 0 Å². The quantitative estimate of drug-likeness (QED) is 0.243. The average Bonchev–Trinajstić information content (AvgIpc) is 3.46. The summed E-state index contributed by atoms with van der Waals surface area (Å²) >= 11 is 0. The number of aromatic nitrogens is 3. The summed E-state index contributed by atoms with van der Waals surface area (Å²) in [5, 5.41) is 0. The number of allylic oxidation sites excluding steroid dienone is 6. The minimum Gasteiger partial charge on any atom is -0.440 e. The number of benzene rings is 3. The van der Waals surface area contributed by atoms with Crippen LogP contribution < -0.4 is 0 Å². The van der Waals surface area contributed by atoms with Gasteiger partial charge in [-0.25, -0.2) is 15.0 Å². The summed E-state index contributed by atoms with van der Waals surface area (Å²) in [7, 11) is 0. The predicted octanol–water partition coefficient (Wildman–Crippen LogP) is 9.12. The normalized spacial score (nSPS) is 16.9. The van der Waals surface area contributed by atoms with Crippen molar-refractivity contribution in [2.75, 3.05) is 0 Å². The van der Waals surface area contributed by atoms with Crippen molar-refractivity contribution in [3.63, 3.8) is 0 Å². The summed E-state index contributed by atoms with van der Waals surface area (Å²) < 4.78 is 6.21. The summed E-state index contributed by atoms with van der Waals surface area (Å²) in [4.78, 5) is 14.9. The molecular weight excluding hydrogens is 478 g/mol. The predicted molar refractivity (Wildman–Crippen MR) is 159 cm³/mol. The fraction of sp³-hybridized carbons (Fsp3) is 0.171. The van der Waals surface area contributed by atoms with E-state index in [1.165, 1.54) is 22.3 Å². The van der Waals surface area contributed by atoms with Crippen molar-refractivity contribution in [1.29, 1.82) is 0 Å². The summed E-state index contributed by atoms with van der Waals surface area (Å²) in [6.45, 7) is 4.31. The fourth-order valence-corrected chi connectivity index (χ4v) is 5.55. The molecule has 1 unspecified atom stereocenters. The topological polar surface area (TPSA) is 51.8 Å². The molecule has 4 nitrogen and oxygen atoms in total. The molecule has 1 atom stereocenters. The summed E-state index contributed by atoms with van der Waals surface area (Å²) in [5.41, 5.74) is 11.8. The van der Waals surface area contributed by atoms with E-state index in [4.69, 9.17) is 19.4 Å². The lowest BCUT2D eigenvalue weighted by atomic mass is 9.90. The molecule has 2 aliphatic carbocycles. The van der Waals surface area contributed by atoms with Gasteiger partial charge in [-0.2, -0.15) is 0 Å². The highest BCUT2D eigenvalue weighted by Gasteiger charge is 2.24. The van der Waals surface area contributed by atoms with Crippen molar-refractivity contribution in [3.8, 4) is 22.7 Å². The van der Waals surface area contributed by atoms with Gasteiger partial charge in [-0.1, -0.05) is 79.7 Å². The van der Waals surface area contributed by atoms with E-state index >= 15 is 0 Å². The van der Waals surface area contributed by atoms with Crippen LogP contribution in [0.4, 0.5) is 0 Å². The number of hydrogen-bond acceptors (Lipinski definition) is 4. The fourth-order valence-electron chi connectivity index (χ4n) is 5.55. The van der Waals surface area contributed by atoms with Crippen molar-refractivity contribution in [2.45, 2.75) is 39.0 Å². The molecular formula is C35H29N3O. The Morgan fingerprint density at radius 2 is 1.28 bits per heavy atom. The number of para-hydroxylation sites is 2. The molecule has 5 aromatic rings. The molecule has 0 bridgehead atoms. The van der Waals surface area contributed by atoms with E-state index in [0.717, 1.165) is 64.3 Å². The van der Waals surface area contributed by atoms with E-state index in [1.54, 1.807) is 0 Å². The molecule has 2 heterocycles. The van der Waals surface area contributed by atoms with Crippen LogP contribution in [0, 0.1) is 0 Å². The van der Waals surface area contributed by atoms with Crippen molar-refractivity contribution >= 4 is 27.8 Å². The molecule has 0 saturated heterocycles. The molecule has 0 N–H and O–H groups in total. The van der Waals surface area contributed by atoms with Crippen molar-refractivity contribution in [2.24, 2.45) is 0 Å². The highest BCUT2D eigenvalue weighted by atomic mass is 16.4. The van der Waals surface area contributed by atoms with Gasteiger partial charge in [-0.05, 0) is 72.7 Å². The zero-order valence-electron chi connectivity index (χ0n) is 22.2. The molecule has 0 fully saturated rings. The zero-order valence-corrected chi connectivity index (χ0v) is 22.2. The molecule has 2 aromatic heterocycles. The molecule has 39 heavy (non-hydrogen) atoms. The Bertz CT molecular complexity index is 1790. The van der Waals surface area contributed by atoms with E-state index in [0.29, 0.717) is 11.8 Å². The summed E-state index contributed by atoms with van der Waals surface area (Å²) in [6, 6.07) is 27.1. The second-order valence-electron chi connectivity index (χ2n) is 10.5.